The van der Waals surface area contributed by atoms with Crippen molar-refractivity contribution in [2.75, 3.05) is 18.5 Å². The van der Waals surface area contributed by atoms with Gasteiger partial charge in [-0.2, -0.15) is 5.26 Å². The molecule has 0 saturated heterocycles. The molecule has 2 aromatic rings. The standard InChI is InChI=1S/C25H26IN3O4/c1-2-32-22-14-17(12-18(15-27)25(31)29-20-10-6-7-11-20)13-21(26)24(22)33-16-23(30)28-19-8-4-3-5-9-19/h3-5,8-9,12-14,20H,2,6-7,10-11,16H2,1H3,(H,28,30)(H,29,31)/b18-12-. The van der Waals surface area contributed by atoms with Crippen molar-refractivity contribution in [1.82, 2.24) is 5.32 Å². The van der Waals surface area contributed by atoms with Crippen molar-refractivity contribution in [3.05, 3.63) is 57.2 Å². The molecule has 0 unspecified atom stereocenters. The van der Waals surface area contributed by atoms with Crippen LogP contribution in [0.15, 0.2) is 48.0 Å². The minimum Gasteiger partial charge on any atom is -0.490 e. The van der Waals surface area contributed by atoms with Crippen LogP contribution in [0.4, 0.5) is 5.69 Å². The molecule has 7 nitrogen and oxygen atoms in total. The first-order chi connectivity index (χ1) is 16.0. The average molecular weight is 559 g/mol. The van der Waals surface area contributed by atoms with Crippen LogP contribution in [-0.2, 0) is 9.59 Å². The lowest BCUT2D eigenvalue weighted by atomic mass is 10.1. The summed E-state index contributed by atoms with van der Waals surface area (Å²) in [5, 5.41) is 15.2. The number of hydrogen-bond acceptors (Lipinski definition) is 5. The van der Waals surface area contributed by atoms with Crippen LogP contribution in [0.25, 0.3) is 6.08 Å². The summed E-state index contributed by atoms with van der Waals surface area (Å²) in [6, 6.07) is 14.7. The maximum atomic E-state index is 12.5. The van der Waals surface area contributed by atoms with E-state index in [0.29, 0.717) is 32.9 Å². The van der Waals surface area contributed by atoms with Crippen molar-refractivity contribution in [3.63, 3.8) is 0 Å². The average Bonchev–Trinajstić information content (AvgIpc) is 3.30. The minimum absolute atomic E-state index is 0.0380. The molecule has 1 aliphatic rings. The Morgan fingerprint density at radius 2 is 1.91 bits per heavy atom. The molecule has 1 aliphatic carbocycles. The van der Waals surface area contributed by atoms with E-state index in [1.54, 1.807) is 30.3 Å². The lowest BCUT2D eigenvalue weighted by Crippen LogP contribution is -2.33. The molecule has 0 radical (unpaired) electrons. The fourth-order valence-corrected chi connectivity index (χ4v) is 4.36. The molecule has 2 aromatic carbocycles. The van der Waals surface area contributed by atoms with Gasteiger partial charge in [-0.05, 0) is 78.3 Å². The van der Waals surface area contributed by atoms with Gasteiger partial charge in [0.15, 0.2) is 18.1 Å². The van der Waals surface area contributed by atoms with E-state index in [0.717, 1.165) is 25.7 Å². The summed E-state index contributed by atoms with van der Waals surface area (Å²) in [5.74, 6) is 0.220. The van der Waals surface area contributed by atoms with E-state index in [-0.39, 0.29) is 30.0 Å². The second kappa shape index (κ2) is 12.3. The van der Waals surface area contributed by atoms with Gasteiger partial charge >= 0.3 is 0 Å². The van der Waals surface area contributed by atoms with Gasteiger partial charge in [-0.3, -0.25) is 9.59 Å². The Morgan fingerprint density at radius 3 is 2.58 bits per heavy atom. The van der Waals surface area contributed by atoms with Gasteiger partial charge in [0.2, 0.25) is 0 Å². The molecular formula is C25H26IN3O4. The number of nitriles is 1. The van der Waals surface area contributed by atoms with Crippen LogP contribution < -0.4 is 20.1 Å². The minimum atomic E-state index is -0.365. The fraction of sp³-hybridized carbons (Fsp3) is 0.320. The number of nitrogens with one attached hydrogen (secondary N) is 2. The summed E-state index contributed by atoms with van der Waals surface area (Å²) < 4.78 is 12.2. The molecule has 33 heavy (non-hydrogen) atoms. The Hall–Kier alpha value is -3.06. The number of anilines is 1. The predicted octanol–water partition coefficient (Wildman–Crippen LogP) is 4.67. The highest BCUT2D eigenvalue weighted by Crippen LogP contribution is 2.35. The quantitative estimate of drug-likeness (QED) is 0.264. The van der Waals surface area contributed by atoms with Gasteiger partial charge in [0.25, 0.3) is 11.8 Å². The number of para-hydroxylation sites is 1. The first-order valence-corrected chi connectivity index (χ1v) is 11.9. The first-order valence-electron chi connectivity index (χ1n) is 10.9. The zero-order valence-corrected chi connectivity index (χ0v) is 20.6. The molecule has 0 bridgehead atoms. The van der Waals surface area contributed by atoms with Crippen LogP contribution in [-0.4, -0.2) is 31.1 Å². The topological polar surface area (TPSA) is 100 Å². The summed E-state index contributed by atoms with van der Waals surface area (Å²) >= 11 is 2.09. The molecule has 2 amide bonds. The second-order valence-corrected chi connectivity index (χ2v) is 8.75. The molecule has 8 heteroatoms. The SMILES string of the molecule is CCOc1cc(/C=C(/C#N)C(=O)NC2CCCC2)cc(I)c1OCC(=O)Nc1ccccc1. The van der Waals surface area contributed by atoms with Crippen molar-refractivity contribution in [2.45, 2.75) is 38.6 Å². The molecule has 3 rings (SSSR count). The van der Waals surface area contributed by atoms with Gasteiger partial charge in [-0.25, -0.2) is 0 Å². The van der Waals surface area contributed by atoms with Crippen molar-refractivity contribution in [1.29, 1.82) is 5.26 Å². The third kappa shape index (κ3) is 7.22. The van der Waals surface area contributed by atoms with E-state index in [4.69, 9.17) is 9.47 Å². The molecule has 0 heterocycles. The van der Waals surface area contributed by atoms with Crippen molar-refractivity contribution in [3.8, 4) is 17.6 Å². The monoisotopic (exact) mass is 559 g/mol. The van der Waals surface area contributed by atoms with Gasteiger partial charge in [0.1, 0.15) is 11.6 Å². The summed E-state index contributed by atoms with van der Waals surface area (Å²) in [5.41, 5.74) is 1.37. The number of amides is 2. The lowest BCUT2D eigenvalue weighted by Gasteiger charge is -2.15. The molecule has 0 atom stereocenters. The summed E-state index contributed by atoms with van der Waals surface area (Å²) in [4.78, 5) is 24.8. The Labute approximate surface area is 207 Å². The second-order valence-electron chi connectivity index (χ2n) is 7.59. The number of benzene rings is 2. The number of ether oxygens (including phenoxy) is 2. The van der Waals surface area contributed by atoms with Gasteiger partial charge in [-0.1, -0.05) is 31.0 Å². The van der Waals surface area contributed by atoms with E-state index < -0.39 is 0 Å². The zero-order chi connectivity index (χ0) is 23.6. The lowest BCUT2D eigenvalue weighted by molar-refractivity contribution is -0.118. The highest BCUT2D eigenvalue weighted by atomic mass is 127. The van der Waals surface area contributed by atoms with Gasteiger partial charge < -0.3 is 20.1 Å². The normalized spacial score (nSPS) is 13.8. The molecule has 172 valence electrons. The Kier molecular flexibility index (Phi) is 9.13. The van der Waals surface area contributed by atoms with Crippen LogP contribution in [0.5, 0.6) is 11.5 Å². The van der Waals surface area contributed by atoms with Crippen LogP contribution in [0, 0.1) is 14.9 Å². The van der Waals surface area contributed by atoms with Crippen molar-refractivity contribution >= 4 is 46.2 Å². The predicted molar refractivity (Wildman–Crippen MR) is 135 cm³/mol. The van der Waals surface area contributed by atoms with E-state index in [2.05, 4.69) is 33.2 Å². The smallest absolute Gasteiger partial charge is 0.262 e. The summed E-state index contributed by atoms with van der Waals surface area (Å²) in [7, 11) is 0. The summed E-state index contributed by atoms with van der Waals surface area (Å²) in [6.07, 6.45) is 5.62. The van der Waals surface area contributed by atoms with Gasteiger partial charge in [0, 0.05) is 11.7 Å². The van der Waals surface area contributed by atoms with Crippen LogP contribution in [0.2, 0.25) is 0 Å². The summed E-state index contributed by atoms with van der Waals surface area (Å²) in [6.45, 7) is 2.05. The van der Waals surface area contributed by atoms with Crippen molar-refractivity contribution in [2.24, 2.45) is 0 Å². The largest absolute Gasteiger partial charge is 0.490 e. The van der Waals surface area contributed by atoms with Crippen LogP contribution in [0.1, 0.15) is 38.2 Å². The van der Waals surface area contributed by atoms with E-state index >= 15 is 0 Å². The number of carbonyl (C=O) groups excluding carboxylic acids is 2. The maximum Gasteiger partial charge on any atom is 0.262 e. The molecule has 0 aromatic heterocycles. The zero-order valence-electron chi connectivity index (χ0n) is 18.4. The Morgan fingerprint density at radius 1 is 1.18 bits per heavy atom. The maximum absolute atomic E-state index is 12.5. The van der Waals surface area contributed by atoms with Crippen LogP contribution >= 0.6 is 22.6 Å². The number of hydrogen-bond donors (Lipinski definition) is 2. The fourth-order valence-electron chi connectivity index (χ4n) is 3.58. The molecule has 1 fully saturated rings. The number of nitrogens with zero attached hydrogens (tertiary/aromatic N) is 1. The van der Waals surface area contributed by atoms with Crippen molar-refractivity contribution < 1.29 is 19.1 Å². The molecule has 0 spiro atoms. The van der Waals surface area contributed by atoms with E-state index in [1.807, 2.05) is 31.2 Å². The number of carbonyl (C=O) groups is 2. The van der Waals surface area contributed by atoms with E-state index in [1.165, 1.54) is 0 Å². The molecule has 1 saturated carbocycles. The first kappa shape index (κ1) is 24.6. The highest BCUT2D eigenvalue weighted by Gasteiger charge is 2.20. The Bertz CT molecular complexity index is 1060. The third-order valence-corrected chi connectivity index (χ3v) is 5.90. The van der Waals surface area contributed by atoms with Crippen LogP contribution in [0.3, 0.4) is 0 Å². The van der Waals surface area contributed by atoms with E-state index in [9.17, 15) is 14.9 Å². The molecular weight excluding hydrogens is 533 g/mol. The molecule has 0 aliphatic heterocycles. The Balaban J connectivity index is 1.74. The van der Waals surface area contributed by atoms with Gasteiger partial charge in [0.05, 0.1) is 10.2 Å². The highest BCUT2D eigenvalue weighted by molar-refractivity contribution is 14.1. The third-order valence-electron chi connectivity index (χ3n) is 5.10. The van der Waals surface area contributed by atoms with Gasteiger partial charge in [-0.15, -0.1) is 0 Å². The number of rotatable bonds is 9. The number of halogens is 1. The molecule has 2 N–H and O–H groups in total.